The molecule has 13 heavy (non-hydrogen) atoms. The number of rotatable bonds is 1. The van der Waals surface area contributed by atoms with Crippen molar-refractivity contribution in [3.63, 3.8) is 0 Å². The molecule has 0 spiro atoms. The highest BCUT2D eigenvalue weighted by atomic mass is 16.5. The highest BCUT2D eigenvalue weighted by Gasteiger charge is 2.07. The second-order valence-electron chi connectivity index (χ2n) is 2.57. The molecule has 0 radical (unpaired) electrons. The highest BCUT2D eigenvalue weighted by molar-refractivity contribution is 5.93. The van der Waals surface area contributed by atoms with Gasteiger partial charge in [0, 0.05) is 5.39 Å². The van der Waals surface area contributed by atoms with Crippen LogP contribution < -0.4 is 0 Å². The Balaban J connectivity index is 2.54. The van der Waals surface area contributed by atoms with Gasteiger partial charge in [-0.25, -0.2) is 4.79 Å². The van der Waals surface area contributed by atoms with Crippen molar-refractivity contribution in [3.8, 4) is 0 Å². The maximum Gasteiger partial charge on any atom is 0.337 e. The summed E-state index contributed by atoms with van der Waals surface area (Å²) in [5, 5.41) is 4.47. The first-order valence-electron chi connectivity index (χ1n) is 3.74. The number of carbonyl (C=O) groups excluding carboxylic acids is 1. The number of hydrogen-bond acceptors (Lipinski definition) is 4. The van der Waals surface area contributed by atoms with Crippen LogP contribution in [0.5, 0.6) is 0 Å². The van der Waals surface area contributed by atoms with Crippen molar-refractivity contribution >= 4 is 16.9 Å². The fourth-order valence-electron chi connectivity index (χ4n) is 1.10. The number of hydrogen-bond donors (Lipinski definition) is 0. The van der Waals surface area contributed by atoms with Gasteiger partial charge in [0.15, 0.2) is 5.58 Å². The largest absolute Gasteiger partial charge is 0.465 e. The Morgan fingerprint density at radius 1 is 1.54 bits per heavy atom. The van der Waals surface area contributed by atoms with Crippen LogP contribution in [0.4, 0.5) is 0 Å². The molecule has 0 aliphatic heterocycles. The Morgan fingerprint density at radius 3 is 3.15 bits per heavy atom. The fraction of sp³-hybridized carbons (Fsp3) is 0.111. The van der Waals surface area contributed by atoms with Crippen LogP contribution >= 0.6 is 0 Å². The van der Waals surface area contributed by atoms with Gasteiger partial charge in [0.1, 0.15) is 0 Å². The van der Waals surface area contributed by atoms with Crippen molar-refractivity contribution in [3.05, 3.63) is 30.0 Å². The van der Waals surface area contributed by atoms with Crippen LogP contribution in [-0.4, -0.2) is 18.2 Å². The zero-order valence-corrected chi connectivity index (χ0v) is 6.98. The maximum atomic E-state index is 11.1. The molecule has 0 aliphatic rings. The monoisotopic (exact) mass is 177 g/mol. The van der Waals surface area contributed by atoms with E-state index in [9.17, 15) is 4.79 Å². The summed E-state index contributed by atoms with van der Waals surface area (Å²) in [7, 11) is 1.34. The molecule has 0 saturated carbocycles. The second kappa shape index (κ2) is 2.90. The molecule has 66 valence electrons. The number of ether oxygens (including phenoxy) is 1. The smallest absolute Gasteiger partial charge is 0.337 e. The molecule has 4 heteroatoms. The van der Waals surface area contributed by atoms with Gasteiger partial charge in [-0.05, 0) is 18.2 Å². The Bertz CT molecular complexity index is 447. The molecule has 1 heterocycles. The minimum atomic E-state index is -0.377. The van der Waals surface area contributed by atoms with E-state index in [4.69, 9.17) is 4.52 Å². The summed E-state index contributed by atoms with van der Waals surface area (Å²) >= 11 is 0. The number of benzene rings is 1. The molecule has 0 saturated heterocycles. The van der Waals surface area contributed by atoms with E-state index in [2.05, 4.69) is 9.89 Å². The number of aromatic nitrogens is 1. The zero-order chi connectivity index (χ0) is 9.26. The van der Waals surface area contributed by atoms with E-state index in [1.165, 1.54) is 7.11 Å². The SMILES string of the molecule is COC(=O)c1ccc2cnoc2c1. The van der Waals surface area contributed by atoms with E-state index in [1.54, 1.807) is 24.4 Å². The number of nitrogens with zero attached hydrogens (tertiary/aromatic N) is 1. The second-order valence-corrected chi connectivity index (χ2v) is 2.57. The van der Waals surface area contributed by atoms with Crippen LogP contribution in [0.3, 0.4) is 0 Å². The third-order valence-corrected chi connectivity index (χ3v) is 1.78. The van der Waals surface area contributed by atoms with E-state index in [1.807, 2.05) is 0 Å². The molecule has 1 aromatic heterocycles. The van der Waals surface area contributed by atoms with Gasteiger partial charge in [0.25, 0.3) is 0 Å². The maximum absolute atomic E-state index is 11.1. The van der Waals surface area contributed by atoms with E-state index >= 15 is 0 Å². The first kappa shape index (κ1) is 7.79. The summed E-state index contributed by atoms with van der Waals surface area (Å²) in [6.07, 6.45) is 1.59. The van der Waals surface area contributed by atoms with Crippen molar-refractivity contribution in [2.24, 2.45) is 0 Å². The predicted octanol–water partition coefficient (Wildman–Crippen LogP) is 1.61. The van der Waals surface area contributed by atoms with Crippen molar-refractivity contribution < 1.29 is 14.1 Å². The van der Waals surface area contributed by atoms with Crippen LogP contribution in [0.15, 0.2) is 28.9 Å². The number of fused-ring (bicyclic) bond motifs is 1. The standard InChI is InChI=1S/C9H7NO3/c1-12-9(11)6-2-3-7-5-10-13-8(7)4-6/h2-5H,1H3. The van der Waals surface area contributed by atoms with Gasteiger partial charge in [-0.1, -0.05) is 5.16 Å². The third kappa shape index (κ3) is 1.26. The first-order chi connectivity index (χ1) is 6.31. The summed E-state index contributed by atoms with van der Waals surface area (Å²) in [4.78, 5) is 11.1. The fourth-order valence-corrected chi connectivity index (χ4v) is 1.10. The minimum Gasteiger partial charge on any atom is -0.465 e. The van der Waals surface area contributed by atoms with E-state index < -0.39 is 0 Å². The van der Waals surface area contributed by atoms with Gasteiger partial charge in [-0.15, -0.1) is 0 Å². The number of esters is 1. The molecular weight excluding hydrogens is 170 g/mol. The van der Waals surface area contributed by atoms with E-state index in [0.717, 1.165) is 5.39 Å². The van der Waals surface area contributed by atoms with Gasteiger partial charge < -0.3 is 9.26 Å². The van der Waals surface area contributed by atoms with Crippen molar-refractivity contribution in [2.75, 3.05) is 7.11 Å². The van der Waals surface area contributed by atoms with Crippen molar-refractivity contribution in [2.45, 2.75) is 0 Å². The Hall–Kier alpha value is -1.84. The van der Waals surface area contributed by atoms with Crippen molar-refractivity contribution in [1.29, 1.82) is 0 Å². The quantitative estimate of drug-likeness (QED) is 0.621. The first-order valence-corrected chi connectivity index (χ1v) is 3.74. The molecule has 0 atom stereocenters. The molecule has 2 rings (SSSR count). The zero-order valence-electron chi connectivity index (χ0n) is 6.98. The van der Waals surface area contributed by atoms with Crippen LogP contribution in [-0.2, 0) is 4.74 Å². The molecular formula is C9H7NO3. The topological polar surface area (TPSA) is 52.3 Å². The van der Waals surface area contributed by atoms with Gasteiger partial charge >= 0.3 is 5.97 Å². The normalized spacial score (nSPS) is 10.2. The van der Waals surface area contributed by atoms with Gasteiger partial charge in [-0.2, -0.15) is 0 Å². The molecule has 4 nitrogen and oxygen atoms in total. The van der Waals surface area contributed by atoms with Crippen molar-refractivity contribution in [1.82, 2.24) is 5.16 Å². The summed E-state index contributed by atoms with van der Waals surface area (Å²) in [6.45, 7) is 0. The summed E-state index contributed by atoms with van der Waals surface area (Å²) < 4.78 is 9.46. The molecule has 0 amide bonds. The number of carbonyl (C=O) groups is 1. The van der Waals surface area contributed by atoms with E-state index in [-0.39, 0.29) is 5.97 Å². The highest BCUT2D eigenvalue weighted by Crippen LogP contribution is 2.15. The lowest BCUT2D eigenvalue weighted by Gasteiger charge is -1.96. The Labute approximate surface area is 74.1 Å². The third-order valence-electron chi connectivity index (χ3n) is 1.78. The van der Waals surface area contributed by atoms with E-state index in [0.29, 0.717) is 11.1 Å². The average Bonchev–Trinajstić information content (AvgIpc) is 2.63. The molecule has 0 fully saturated rings. The van der Waals surface area contributed by atoms with Gasteiger partial charge in [0.2, 0.25) is 0 Å². The number of methoxy groups -OCH3 is 1. The van der Waals surface area contributed by atoms with Crippen LogP contribution in [0.2, 0.25) is 0 Å². The Kier molecular flexibility index (Phi) is 1.73. The lowest BCUT2D eigenvalue weighted by molar-refractivity contribution is 0.0601. The summed E-state index contributed by atoms with van der Waals surface area (Å²) in [5.41, 5.74) is 1.05. The lowest BCUT2D eigenvalue weighted by atomic mass is 10.2. The molecule has 0 N–H and O–H groups in total. The molecule has 0 unspecified atom stereocenters. The molecule has 0 bridgehead atoms. The lowest BCUT2D eigenvalue weighted by Crippen LogP contribution is -1.99. The average molecular weight is 177 g/mol. The molecule has 2 aromatic rings. The minimum absolute atomic E-state index is 0.377. The Morgan fingerprint density at radius 2 is 2.38 bits per heavy atom. The predicted molar refractivity (Wildman–Crippen MR) is 45.3 cm³/mol. The molecule has 0 aliphatic carbocycles. The molecule has 1 aromatic carbocycles. The van der Waals surface area contributed by atoms with Gasteiger partial charge in [0.05, 0.1) is 18.9 Å². The van der Waals surface area contributed by atoms with Crippen LogP contribution in [0, 0.1) is 0 Å². The van der Waals surface area contributed by atoms with Crippen LogP contribution in [0.25, 0.3) is 11.0 Å². The summed E-state index contributed by atoms with van der Waals surface area (Å²) in [6, 6.07) is 5.04. The summed E-state index contributed by atoms with van der Waals surface area (Å²) in [5.74, 6) is -0.377. The van der Waals surface area contributed by atoms with Gasteiger partial charge in [-0.3, -0.25) is 0 Å². The van der Waals surface area contributed by atoms with Crippen LogP contribution in [0.1, 0.15) is 10.4 Å².